The molecule has 0 heterocycles. The third-order valence-electron chi connectivity index (χ3n) is 0. The molecule has 0 spiro atoms. The van der Waals surface area contributed by atoms with Gasteiger partial charge >= 0.3 is 0 Å². The molecule has 1 radical (unpaired) electrons. The predicted octanol–water partition coefficient (Wildman–Crippen LogP) is 1.49. The van der Waals surface area contributed by atoms with E-state index < -0.39 is 0 Å². The average Bonchev–Trinajstić information content (AvgIpc) is 0.811. The minimum Gasteiger partial charge on any atom is -0.367 e. The van der Waals surface area contributed by atoms with E-state index in [1.165, 1.54) is 0 Å². The van der Waals surface area contributed by atoms with E-state index in [0.29, 0.717) is 0 Å². The Morgan fingerprint density at radius 3 is 1.40 bits per heavy atom. The molecule has 29 valence electrons. The van der Waals surface area contributed by atoms with Crippen molar-refractivity contribution in [3.8, 4) is 0 Å². The summed E-state index contributed by atoms with van der Waals surface area (Å²) < 4.78 is 0. The summed E-state index contributed by atoms with van der Waals surface area (Å²) in [6.45, 7) is 3.90. The van der Waals surface area contributed by atoms with Gasteiger partial charge in [-0.1, -0.05) is 0 Å². The molecule has 0 nitrogen and oxygen atoms in total. The van der Waals surface area contributed by atoms with Gasteiger partial charge in [0.05, 0.1) is 0 Å². The quantitative estimate of drug-likeness (QED) is 0.407. The van der Waals surface area contributed by atoms with Crippen LogP contribution in [-0.2, 0) is 32.7 Å². The largest absolute Gasteiger partial charge is 0.367 e. The SMILES string of the molecule is C[C-](C)S.[Y]. The molecule has 0 saturated carbocycles. The molecule has 0 aromatic carbocycles. The molecule has 0 unspecified atom stereocenters. The van der Waals surface area contributed by atoms with E-state index in [0.717, 1.165) is 5.25 Å². The van der Waals surface area contributed by atoms with Crippen LogP contribution in [0.5, 0.6) is 0 Å². The van der Waals surface area contributed by atoms with Crippen molar-refractivity contribution in [2.24, 2.45) is 0 Å². The molecular formula is C3H7SY-. The third kappa shape index (κ3) is 30.8. The van der Waals surface area contributed by atoms with Crippen molar-refractivity contribution in [1.29, 1.82) is 0 Å². The van der Waals surface area contributed by atoms with Crippen LogP contribution in [0.25, 0.3) is 0 Å². The van der Waals surface area contributed by atoms with Gasteiger partial charge < -0.3 is 12.6 Å². The van der Waals surface area contributed by atoms with Crippen LogP contribution in [0.3, 0.4) is 0 Å². The van der Waals surface area contributed by atoms with Crippen molar-refractivity contribution in [3.63, 3.8) is 0 Å². The van der Waals surface area contributed by atoms with Crippen LogP contribution in [-0.4, -0.2) is 0 Å². The summed E-state index contributed by atoms with van der Waals surface area (Å²) in [4.78, 5) is 0. The maximum absolute atomic E-state index is 3.88. The Hall–Kier alpha value is 1.45. The molecule has 0 aliphatic carbocycles. The zero-order valence-electron chi connectivity index (χ0n) is 3.52. The maximum atomic E-state index is 3.88. The van der Waals surface area contributed by atoms with Crippen LogP contribution < -0.4 is 0 Å². The van der Waals surface area contributed by atoms with E-state index in [2.05, 4.69) is 12.6 Å². The fourth-order valence-corrected chi connectivity index (χ4v) is 0. The number of hydrogen-bond donors (Lipinski definition) is 1. The number of thiol groups is 1. The molecular weight excluding hydrogens is 157 g/mol. The number of hydrogen-bond acceptors (Lipinski definition) is 1. The van der Waals surface area contributed by atoms with Crippen molar-refractivity contribution < 1.29 is 32.7 Å². The molecule has 0 N–H and O–H groups in total. The second-order valence-electron chi connectivity index (χ2n) is 0.947. The molecule has 2 heteroatoms. The minimum atomic E-state index is 0. The van der Waals surface area contributed by atoms with E-state index in [9.17, 15) is 0 Å². The van der Waals surface area contributed by atoms with Crippen LogP contribution in [0.1, 0.15) is 13.8 Å². The van der Waals surface area contributed by atoms with Gasteiger partial charge in [0.1, 0.15) is 0 Å². The Labute approximate surface area is 64.0 Å². The van der Waals surface area contributed by atoms with Gasteiger partial charge in [-0.05, 0) is 0 Å². The van der Waals surface area contributed by atoms with Gasteiger partial charge in [-0.2, -0.15) is 13.8 Å². The molecule has 0 aliphatic rings. The molecule has 0 atom stereocenters. The van der Waals surface area contributed by atoms with Crippen molar-refractivity contribution in [2.45, 2.75) is 13.8 Å². The Kier molecular flexibility index (Phi) is 10.6. The summed E-state index contributed by atoms with van der Waals surface area (Å²) in [5.74, 6) is 0. The zero-order valence-corrected chi connectivity index (χ0v) is 7.26. The topological polar surface area (TPSA) is 0 Å². The monoisotopic (exact) mass is 164 g/mol. The Balaban J connectivity index is 0. The first-order chi connectivity index (χ1) is 1.73. The molecule has 0 bridgehead atoms. The van der Waals surface area contributed by atoms with Gasteiger partial charge in [0.2, 0.25) is 0 Å². The predicted molar refractivity (Wildman–Crippen MR) is 23.6 cm³/mol. The Morgan fingerprint density at radius 2 is 1.40 bits per heavy atom. The van der Waals surface area contributed by atoms with Crippen LogP contribution >= 0.6 is 12.6 Å². The summed E-state index contributed by atoms with van der Waals surface area (Å²) in [6, 6.07) is 0. The van der Waals surface area contributed by atoms with Gasteiger partial charge in [0.15, 0.2) is 0 Å². The first kappa shape index (κ1) is 9.68. The third-order valence-corrected chi connectivity index (χ3v) is 0. The van der Waals surface area contributed by atoms with Crippen LogP contribution in [0.15, 0.2) is 0 Å². The van der Waals surface area contributed by atoms with E-state index >= 15 is 0 Å². The Morgan fingerprint density at radius 1 is 1.40 bits per heavy atom. The van der Waals surface area contributed by atoms with Gasteiger partial charge in [0, 0.05) is 32.7 Å². The van der Waals surface area contributed by atoms with E-state index in [1.54, 1.807) is 0 Å². The van der Waals surface area contributed by atoms with Crippen LogP contribution in [0, 0.1) is 5.25 Å². The van der Waals surface area contributed by atoms with Crippen molar-refractivity contribution in [2.75, 3.05) is 0 Å². The second-order valence-corrected chi connectivity index (χ2v) is 1.84. The molecule has 0 aromatic heterocycles. The van der Waals surface area contributed by atoms with E-state index in [1.807, 2.05) is 13.8 Å². The smallest absolute Gasteiger partial charge is 0 e. The molecule has 0 rings (SSSR count). The standard InChI is InChI=1S/C3H7S.Y/c1-3(2)4;/h4H,1-2H3;/q-1;. The van der Waals surface area contributed by atoms with E-state index in [4.69, 9.17) is 0 Å². The van der Waals surface area contributed by atoms with Crippen molar-refractivity contribution in [1.82, 2.24) is 0 Å². The first-order valence-electron chi connectivity index (χ1n) is 1.22. The first-order valence-corrected chi connectivity index (χ1v) is 1.67. The summed E-state index contributed by atoms with van der Waals surface area (Å²) in [7, 11) is 0. The molecule has 0 aliphatic heterocycles. The summed E-state index contributed by atoms with van der Waals surface area (Å²) >= 11 is 3.88. The molecule has 0 fully saturated rings. The molecule has 0 saturated heterocycles. The summed E-state index contributed by atoms with van der Waals surface area (Å²) in [5, 5.41) is 1.11. The van der Waals surface area contributed by atoms with Crippen LogP contribution in [0.4, 0.5) is 0 Å². The van der Waals surface area contributed by atoms with Crippen molar-refractivity contribution in [3.05, 3.63) is 5.25 Å². The van der Waals surface area contributed by atoms with E-state index in [-0.39, 0.29) is 32.7 Å². The molecule has 0 amide bonds. The summed E-state index contributed by atoms with van der Waals surface area (Å²) in [6.07, 6.45) is 0. The molecule has 5 heavy (non-hydrogen) atoms. The normalized spacial score (nSPS) is 7.20. The summed E-state index contributed by atoms with van der Waals surface area (Å²) in [5.41, 5.74) is 0. The van der Waals surface area contributed by atoms with Gasteiger partial charge in [-0.15, -0.1) is 0 Å². The maximum Gasteiger partial charge on any atom is 0 e. The average molecular weight is 164 g/mol. The number of rotatable bonds is 0. The van der Waals surface area contributed by atoms with Crippen molar-refractivity contribution >= 4 is 12.6 Å². The van der Waals surface area contributed by atoms with Crippen LogP contribution in [0.2, 0.25) is 0 Å². The minimum absolute atomic E-state index is 0. The molecule has 0 aromatic rings. The fraction of sp³-hybridized carbons (Fsp3) is 0.667. The van der Waals surface area contributed by atoms with Gasteiger partial charge in [-0.3, -0.25) is 5.25 Å². The zero-order chi connectivity index (χ0) is 3.58. The van der Waals surface area contributed by atoms with Gasteiger partial charge in [0.25, 0.3) is 0 Å². The fourth-order valence-electron chi connectivity index (χ4n) is 0. The Bertz CT molecular complexity index is 11.6. The van der Waals surface area contributed by atoms with Gasteiger partial charge in [-0.25, -0.2) is 0 Å². The second kappa shape index (κ2) is 5.45.